The van der Waals surface area contributed by atoms with Crippen LogP contribution in [-0.2, 0) is 16.1 Å². The van der Waals surface area contributed by atoms with Gasteiger partial charge in [-0.05, 0) is 54.6 Å². The number of hydrogen-bond acceptors (Lipinski definition) is 4. The fraction of sp³-hybridized carbons (Fsp3) is 0.240. The second-order valence-corrected chi connectivity index (χ2v) is 8.07. The lowest BCUT2D eigenvalue weighted by atomic mass is 10.1. The Balaban J connectivity index is 1.38. The van der Waals surface area contributed by atoms with Gasteiger partial charge in [0.05, 0.1) is 0 Å². The fourth-order valence-corrected chi connectivity index (χ4v) is 3.49. The van der Waals surface area contributed by atoms with E-state index in [-0.39, 0.29) is 18.0 Å². The molecule has 0 bridgehead atoms. The lowest BCUT2D eigenvalue weighted by Crippen LogP contribution is -2.13. The molecule has 1 saturated carbocycles. The molecule has 0 amide bonds. The van der Waals surface area contributed by atoms with Crippen molar-refractivity contribution in [1.29, 1.82) is 0 Å². The highest BCUT2D eigenvalue weighted by Gasteiger charge is 2.65. The van der Waals surface area contributed by atoms with Gasteiger partial charge in [-0.2, -0.15) is 0 Å². The lowest BCUT2D eigenvalue weighted by Gasteiger charge is -2.10. The Morgan fingerprint density at radius 3 is 2.29 bits per heavy atom. The van der Waals surface area contributed by atoms with Crippen LogP contribution in [0.5, 0.6) is 17.2 Å². The highest BCUT2D eigenvalue weighted by molar-refractivity contribution is 5.78. The fourth-order valence-electron chi connectivity index (χ4n) is 3.49. The summed E-state index contributed by atoms with van der Waals surface area (Å²) in [5.74, 6) is -0.261. The number of benzene rings is 3. The zero-order chi connectivity index (χ0) is 22.0. The van der Waals surface area contributed by atoms with E-state index in [2.05, 4.69) is 0 Å². The summed E-state index contributed by atoms with van der Waals surface area (Å²) in [6, 6.07) is 19.1. The Kier molecular flexibility index (Phi) is 5.63. The Morgan fingerprint density at radius 1 is 0.903 bits per heavy atom. The average molecular weight is 424 g/mol. The van der Waals surface area contributed by atoms with Gasteiger partial charge < -0.3 is 14.2 Å². The SMILES string of the molecule is CC1(C)C(Oc2ccc(F)cc2)C1C(=O)OCc1cc(Oc2ccccc2)ccc1F. The Bertz CT molecular complexity index is 1060. The topological polar surface area (TPSA) is 44.8 Å². The molecule has 0 aliphatic heterocycles. The van der Waals surface area contributed by atoms with Crippen molar-refractivity contribution in [3.05, 3.63) is 90.0 Å². The minimum atomic E-state index is -0.496. The maximum absolute atomic E-state index is 14.2. The standard InChI is InChI=1S/C25H22F2O4/c1-25(2)22(23(25)31-19-10-8-17(26)9-11-19)24(28)29-15-16-14-20(12-13-21(16)27)30-18-6-4-3-5-7-18/h3-14,22-23H,15H2,1-2H3. The molecule has 3 aromatic rings. The highest BCUT2D eigenvalue weighted by atomic mass is 19.1. The van der Waals surface area contributed by atoms with Gasteiger partial charge in [0.15, 0.2) is 0 Å². The first kappa shape index (κ1) is 20.8. The summed E-state index contributed by atoms with van der Waals surface area (Å²) in [5.41, 5.74) is -0.223. The Hall–Kier alpha value is -3.41. The molecule has 0 saturated heterocycles. The maximum Gasteiger partial charge on any atom is 0.313 e. The molecule has 4 rings (SSSR count). The molecule has 1 aliphatic carbocycles. The predicted octanol–water partition coefficient (Wildman–Crippen LogP) is 5.90. The predicted molar refractivity (Wildman–Crippen MR) is 111 cm³/mol. The Morgan fingerprint density at radius 2 is 1.58 bits per heavy atom. The summed E-state index contributed by atoms with van der Waals surface area (Å²) in [6.45, 7) is 3.57. The molecule has 3 aromatic carbocycles. The van der Waals surface area contributed by atoms with Gasteiger partial charge in [-0.15, -0.1) is 0 Å². The van der Waals surface area contributed by atoms with E-state index in [1.807, 2.05) is 32.0 Å². The highest BCUT2D eigenvalue weighted by Crippen LogP contribution is 2.54. The molecule has 0 spiro atoms. The van der Waals surface area contributed by atoms with Crippen LogP contribution >= 0.6 is 0 Å². The van der Waals surface area contributed by atoms with Gasteiger partial charge in [-0.1, -0.05) is 32.0 Å². The van der Waals surface area contributed by atoms with Crippen LogP contribution < -0.4 is 9.47 Å². The molecule has 6 heteroatoms. The molecular formula is C25H22F2O4. The number of ether oxygens (including phenoxy) is 3. The van der Waals surface area contributed by atoms with Crippen molar-refractivity contribution in [2.75, 3.05) is 0 Å². The number of esters is 1. The zero-order valence-electron chi connectivity index (χ0n) is 17.2. The van der Waals surface area contributed by atoms with Crippen LogP contribution in [-0.4, -0.2) is 12.1 Å². The van der Waals surface area contributed by atoms with Crippen LogP contribution in [0.4, 0.5) is 8.78 Å². The van der Waals surface area contributed by atoms with E-state index in [9.17, 15) is 13.6 Å². The van der Waals surface area contributed by atoms with Crippen molar-refractivity contribution >= 4 is 5.97 Å². The maximum atomic E-state index is 14.2. The molecule has 1 aliphatic rings. The first-order valence-corrected chi connectivity index (χ1v) is 9.95. The molecular weight excluding hydrogens is 402 g/mol. The van der Waals surface area contributed by atoms with Crippen molar-refractivity contribution < 1.29 is 27.8 Å². The smallest absolute Gasteiger partial charge is 0.313 e. The second-order valence-electron chi connectivity index (χ2n) is 8.07. The van der Waals surface area contributed by atoms with Crippen LogP contribution in [0, 0.1) is 23.0 Å². The number of halogens is 2. The molecule has 0 radical (unpaired) electrons. The third-order valence-electron chi connectivity index (χ3n) is 5.43. The van der Waals surface area contributed by atoms with Crippen LogP contribution in [0.3, 0.4) is 0 Å². The quantitative estimate of drug-likeness (QED) is 0.443. The van der Waals surface area contributed by atoms with E-state index in [1.54, 1.807) is 12.1 Å². The summed E-state index contributed by atoms with van der Waals surface area (Å²) >= 11 is 0. The molecule has 0 N–H and O–H groups in total. The summed E-state index contributed by atoms with van der Waals surface area (Å²) in [4.78, 5) is 12.6. The summed E-state index contributed by atoms with van der Waals surface area (Å²) < 4.78 is 44.2. The molecule has 0 aromatic heterocycles. The van der Waals surface area contributed by atoms with E-state index in [0.29, 0.717) is 17.2 Å². The minimum Gasteiger partial charge on any atom is -0.489 e. The van der Waals surface area contributed by atoms with Crippen LogP contribution in [0.15, 0.2) is 72.8 Å². The average Bonchev–Trinajstić information content (AvgIpc) is 3.30. The van der Waals surface area contributed by atoms with Gasteiger partial charge >= 0.3 is 5.97 Å². The van der Waals surface area contributed by atoms with Crippen molar-refractivity contribution in [2.24, 2.45) is 11.3 Å². The first-order valence-electron chi connectivity index (χ1n) is 9.95. The number of carbonyl (C=O) groups is 1. The third-order valence-corrected chi connectivity index (χ3v) is 5.43. The van der Waals surface area contributed by atoms with Gasteiger partial charge in [-0.3, -0.25) is 4.79 Å². The summed E-state index contributed by atoms with van der Waals surface area (Å²) in [7, 11) is 0. The number of para-hydroxylation sites is 1. The molecule has 1 fully saturated rings. The van der Waals surface area contributed by atoms with Crippen molar-refractivity contribution in [1.82, 2.24) is 0 Å². The first-order chi connectivity index (χ1) is 14.8. The van der Waals surface area contributed by atoms with Gasteiger partial charge in [0.1, 0.15) is 47.5 Å². The minimum absolute atomic E-state index is 0.216. The third kappa shape index (κ3) is 4.68. The lowest BCUT2D eigenvalue weighted by molar-refractivity contribution is -0.147. The van der Waals surface area contributed by atoms with E-state index >= 15 is 0 Å². The Labute approximate surface area is 179 Å². The van der Waals surface area contributed by atoms with Crippen molar-refractivity contribution in [2.45, 2.75) is 26.6 Å². The van der Waals surface area contributed by atoms with Crippen molar-refractivity contribution in [3.8, 4) is 17.2 Å². The summed E-state index contributed by atoms with van der Waals surface area (Å²) in [5, 5.41) is 0. The molecule has 4 nitrogen and oxygen atoms in total. The van der Waals surface area contributed by atoms with Crippen LogP contribution in [0.2, 0.25) is 0 Å². The zero-order valence-corrected chi connectivity index (χ0v) is 17.2. The molecule has 160 valence electrons. The van der Waals surface area contributed by atoms with Gasteiger partial charge in [0.25, 0.3) is 0 Å². The second kappa shape index (κ2) is 8.38. The number of carbonyl (C=O) groups excluding carboxylic acids is 1. The molecule has 2 atom stereocenters. The van der Waals surface area contributed by atoms with E-state index in [0.717, 1.165) is 0 Å². The van der Waals surface area contributed by atoms with Gasteiger partial charge in [-0.25, -0.2) is 8.78 Å². The van der Waals surface area contributed by atoms with Crippen molar-refractivity contribution in [3.63, 3.8) is 0 Å². The monoisotopic (exact) mass is 424 g/mol. The van der Waals surface area contributed by atoms with Gasteiger partial charge in [0.2, 0.25) is 0 Å². The molecule has 2 unspecified atom stereocenters. The largest absolute Gasteiger partial charge is 0.489 e. The van der Waals surface area contributed by atoms with Gasteiger partial charge in [0, 0.05) is 11.0 Å². The number of rotatable bonds is 7. The normalized spacial score (nSPS) is 18.8. The number of hydrogen-bond donors (Lipinski definition) is 0. The van der Waals surface area contributed by atoms with Crippen LogP contribution in [0.25, 0.3) is 0 Å². The van der Waals surface area contributed by atoms with E-state index in [1.165, 1.54) is 42.5 Å². The van der Waals surface area contributed by atoms with E-state index in [4.69, 9.17) is 14.2 Å². The molecule has 0 heterocycles. The van der Waals surface area contributed by atoms with E-state index < -0.39 is 29.2 Å². The van der Waals surface area contributed by atoms with Crippen LogP contribution in [0.1, 0.15) is 19.4 Å². The molecule has 31 heavy (non-hydrogen) atoms. The summed E-state index contributed by atoms with van der Waals surface area (Å²) in [6.07, 6.45) is -0.400.